The molecule has 5 heteroatoms. The third-order valence-corrected chi connectivity index (χ3v) is 3.23. The molecule has 0 bridgehead atoms. The Morgan fingerprint density at radius 2 is 2.44 bits per heavy atom. The monoisotopic (exact) mass is 234 g/mol. The number of thiazole rings is 1. The molecule has 0 radical (unpaired) electrons. The molecule has 2 aromatic rings. The minimum absolute atomic E-state index is 0.846. The molecule has 0 aromatic carbocycles. The van der Waals surface area contributed by atoms with E-state index in [9.17, 15) is 4.79 Å². The van der Waals surface area contributed by atoms with E-state index in [1.165, 1.54) is 11.3 Å². The van der Waals surface area contributed by atoms with Crippen molar-refractivity contribution in [1.29, 1.82) is 0 Å². The zero-order chi connectivity index (χ0) is 11.5. The number of aliphatic carboxylic acids is 1. The van der Waals surface area contributed by atoms with Gasteiger partial charge in [0.05, 0.1) is 10.6 Å². The van der Waals surface area contributed by atoms with Crippen LogP contribution in [0.2, 0.25) is 0 Å². The van der Waals surface area contributed by atoms with Crippen molar-refractivity contribution in [2.75, 3.05) is 0 Å². The molecule has 0 spiro atoms. The number of aryl methyl sites for hydroxylation is 1. The van der Waals surface area contributed by atoms with E-state index in [1.54, 1.807) is 6.08 Å². The molecule has 0 unspecified atom stereocenters. The van der Waals surface area contributed by atoms with Crippen LogP contribution in [0, 0.1) is 6.92 Å². The average Bonchev–Trinajstić information content (AvgIpc) is 2.83. The largest absolute Gasteiger partial charge is 0.478 e. The molecule has 4 nitrogen and oxygen atoms in total. The van der Waals surface area contributed by atoms with Gasteiger partial charge in [-0.25, -0.2) is 9.78 Å². The summed E-state index contributed by atoms with van der Waals surface area (Å²) in [5.74, 6) is -0.948. The van der Waals surface area contributed by atoms with Crippen LogP contribution in [0.1, 0.15) is 10.6 Å². The van der Waals surface area contributed by atoms with Gasteiger partial charge in [0, 0.05) is 24.0 Å². The van der Waals surface area contributed by atoms with Crippen molar-refractivity contribution in [2.24, 2.45) is 0 Å². The first-order valence-electron chi connectivity index (χ1n) is 4.68. The van der Waals surface area contributed by atoms with Gasteiger partial charge in [-0.05, 0) is 19.1 Å². The van der Waals surface area contributed by atoms with Crippen molar-refractivity contribution >= 4 is 23.4 Å². The normalized spacial score (nSPS) is 11.1. The molecule has 2 aromatic heterocycles. The third-order valence-electron chi connectivity index (χ3n) is 2.05. The van der Waals surface area contributed by atoms with Crippen molar-refractivity contribution in [3.8, 4) is 10.6 Å². The van der Waals surface area contributed by atoms with Crippen molar-refractivity contribution in [3.63, 3.8) is 0 Å². The fourth-order valence-electron chi connectivity index (χ4n) is 1.29. The molecular weight excluding hydrogens is 224 g/mol. The summed E-state index contributed by atoms with van der Waals surface area (Å²) in [6.45, 7) is 1.87. The summed E-state index contributed by atoms with van der Waals surface area (Å²) in [5, 5.41) is 9.44. The summed E-state index contributed by atoms with van der Waals surface area (Å²) in [4.78, 5) is 18.6. The first-order valence-corrected chi connectivity index (χ1v) is 5.50. The van der Waals surface area contributed by atoms with Gasteiger partial charge in [-0.1, -0.05) is 0 Å². The standard InChI is InChI=1S/C11H10N2O2S/c1-7-9(2-3-10(14)15)16-11(13-7)8-4-5-12-6-8/h2-6,12H,1H3,(H,14,15)/b3-2+. The second kappa shape index (κ2) is 4.32. The van der Waals surface area contributed by atoms with E-state index in [4.69, 9.17) is 5.11 Å². The van der Waals surface area contributed by atoms with Gasteiger partial charge in [0.15, 0.2) is 0 Å². The van der Waals surface area contributed by atoms with Gasteiger partial charge in [-0.3, -0.25) is 0 Å². The number of aromatic nitrogens is 2. The van der Waals surface area contributed by atoms with Crippen molar-refractivity contribution in [3.05, 3.63) is 35.1 Å². The zero-order valence-corrected chi connectivity index (χ0v) is 9.41. The number of nitrogens with one attached hydrogen (secondary N) is 1. The van der Waals surface area contributed by atoms with Crippen LogP contribution >= 0.6 is 11.3 Å². The Bertz CT molecular complexity index is 526. The number of carboxylic acid groups (broad SMARTS) is 1. The lowest BCUT2D eigenvalue weighted by Gasteiger charge is -1.85. The Balaban J connectivity index is 2.32. The summed E-state index contributed by atoms with van der Waals surface area (Å²) >= 11 is 1.48. The molecule has 0 amide bonds. The molecule has 2 rings (SSSR count). The van der Waals surface area contributed by atoms with Gasteiger partial charge in [0.25, 0.3) is 0 Å². The predicted octanol–water partition coefficient (Wildman–Crippen LogP) is 2.54. The van der Waals surface area contributed by atoms with Crippen LogP contribution in [0.3, 0.4) is 0 Å². The second-order valence-electron chi connectivity index (χ2n) is 3.24. The summed E-state index contributed by atoms with van der Waals surface area (Å²) in [7, 11) is 0. The van der Waals surface area contributed by atoms with E-state index < -0.39 is 5.97 Å². The highest BCUT2D eigenvalue weighted by Crippen LogP contribution is 2.28. The molecule has 0 aliphatic rings. The van der Waals surface area contributed by atoms with Crippen LogP contribution in [0.4, 0.5) is 0 Å². The summed E-state index contributed by atoms with van der Waals surface area (Å²) < 4.78 is 0. The van der Waals surface area contributed by atoms with Crippen LogP contribution in [0.25, 0.3) is 16.6 Å². The van der Waals surface area contributed by atoms with E-state index in [2.05, 4.69) is 9.97 Å². The number of aromatic amines is 1. The fourth-order valence-corrected chi connectivity index (χ4v) is 2.26. The van der Waals surface area contributed by atoms with Crippen molar-refractivity contribution < 1.29 is 9.90 Å². The quantitative estimate of drug-likeness (QED) is 0.802. The Hall–Kier alpha value is -1.88. The number of carboxylic acids is 1. The Morgan fingerprint density at radius 1 is 1.62 bits per heavy atom. The minimum Gasteiger partial charge on any atom is -0.478 e. The summed E-state index contributed by atoms with van der Waals surface area (Å²) in [6, 6.07) is 1.93. The van der Waals surface area contributed by atoms with Crippen LogP contribution in [0.15, 0.2) is 24.5 Å². The lowest BCUT2D eigenvalue weighted by molar-refractivity contribution is -0.131. The van der Waals surface area contributed by atoms with Gasteiger partial charge in [0.2, 0.25) is 0 Å². The first kappa shape index (κ1) is 10.6. The maximum absolute atomic E-state index is 10.4. The maximum atomic E-state index is 10.4. The molecule has 0 aliphatic heterocycles. The maximum Gasteiger partial charge on any atom is 0.328 e. The average molecular weight is 234 g/mol. The predicted molar refractivity (Wildman–Crippen MR) is 63.3 cm³/mol. The topological polar surface area (TPSA) is 66.0 Å². The van der Waals surface area contributed by atoms with E-state index >= 15 is 0 Å². The molecule has 0 fully saturated rings. The molecular formula is C11H10N2O2S. The number of hydrogen-bond donors (Lipinski definition) is 2. The number of H-pyrrole nitrogens is 1. The summed E-state index contributed by atoms with van der Waals surface area (Å²) in [6.07, 6.45) is 6.40. The van der Waals surface area contributed by atoms with Crippen LogP contribution in [-0.4, -0.2) is 21.0 Å². The second-order valence-corrected chi connectivity index (χ2v) is 4.27. The van der Waals surface area contributed by atoms with Crippen LogP contribution in [-0.2, 0) is 4.79 Å². The van der Waals surface area contributed by atoms with E-state index in [1.807, 2.05) is 25.4 Å². The Morgan fingerprint density at radius 3 is 3.06 bits per heavy atom. The molecule has 0 saturated carbocycles. The molecule has 82 valence electrons. The number of hydrogen-bond acceptors (Lipinski definition) is 3. The van der Waals surface area contributed by atoms with E-state index in [0.29, 0.717) is 0 Å². The highest BCUT2D eigenvalue weighted by atomic mass is 32.1. The van der Waals surface area contributed by atoms with Gasteiger partial charge in [-0.15, -0.1) is 11.3 Å². The highest BCUT2D eigenvalue weighted by molar-refractivity contribution is 7.16. The fraction of sp³-hybridized carbons (Fsp3) is 0.0909. The van der Waals surface area contributed by atoms with Crippen molar-refractivity contribution in [1.82, 2.24) is 9.97 Å². The first-order chi connectivity index (χ1) is 7.66. The summed E-state index contributed by atoms with van der Waals surface area (Å²) in [5.41, 5.74) is 1.86. The lowest BCUT2D eigenvalue weighted by Crippen LogP contribution is -1.85. The van der Waals surface area contributed by atoms with Gasteiger partial charge in [-0.2, -0.15) is 0 Å². The number of nitrogens with zero attached hydrogens (tertiary/aromatic N) is 1. The van der Waals surface area contributed by atoms with Crippen molar-refractivity contribution in [2.45, 2.75) is 6.92 Å². The number of rotatable bonds is 3. The van der Waals surface area contributed by atoms with E-state index in [0.717, 1.165) is 27.2 Å². The molecule has 0 aliphatic carbocycles. The zero-order valence-electron chi connectivity index (χ0n) is 8.60. The highest BCUT2D eigenvalue weighted by Gasteiger charge is 2.07. The van der Waals surface area contributed by atoms with Crippen LogP contribution < -0.4 is 0 Å². The third kappa shape index (κ3) is 2.20. The van der Waals surface area contributed by atoms with Gasteiger partial charge < -0.3 is 10.1 Å². The SMILES string of the molecule is Cc1nc(-c2cc[nH]c2)sc1/C=C/C(=O)O. The van der Waals surface area contributed by atoms with Gasteiger partial charge >= 0.3 is 5.97 Å². The molecule has 0 saturated heterocycles. The molecule has 2 heterocycles. The molecule has 0 atom stereocenters. The Kier molecular flexibility index (Phi) is 2.87. The molecule has 16 heavy (non-hydrogen) atoms. The van der Waals surface area contributed by atoms with Gasteiger partial charge in [0.1, 0.15) is 5.01 Å². The van der Waals surface area contributed by atoms with Crippen LogP contribution in [0.5, 0.6) is 0 Å². The van der Waals surface area contributed by atoms with E-state index in [-0.39, 0.29) is 0 Å². The Labute approximate surface area is 96.3 Å². The molecule has 2 N–H and O–H groups in total. The smallest absolute Gasteiger partial charge is 0.328 e. The minimum atomic E-state index is -0.948. The number of carbonyl (C=O) groups is 1. The lowest BCUT2D eigenvalue weighted by atomic mass is 10.3.